The Balaban J connectivity index is 4.01. The zero-order valence-electron chi connectivity index (χ0n) is 12.6. The first-order valence-corrected chi connectivity index (χ1v) is 6.92. The van der Waals surface area contributed by atoms with Gasteiger partial charge in [0.2, 0.25) is 0 Å². The van der Waals surface area contributed by atoms with Gasteiger partial charge in [-0.1, -0.05) is 33.6 Å². The first-order chi connectivity index (χ1) is 8.06. The van der Waals surface area contributed by atoms with Gasteiger partial charge < -0.3 is 15.0 Å². The predicted molar refractivity (Wildman–Crippen MR) is 75.5 cm³/mol. The Morgan fingerprint density at radius 2 is 1.71 bits per heavy atom. The minimum absolute atomic E-state index is 0.588. The normalized spacial score (nSPS) is 15.5. The molecule has 0 aliphatic carbocycles. The lowest BCUT2D eigenvalue weighted by Crippen LogP contribution is -2.44. The van der Waals surface area contributed by atoms with Crippen LogP contribution >= 0.6 is 0 Å². The van der Waals surface area contributed by atoms with Gasteiger partial charge in [-0.3, -0.25) is 0 Å². The van der Waals surface area contributed by atoms with Crippen LogP contribution in [0.4, 0.5) is 0 Å². The molecule has 0 heterocycles. The van der Waals surface area contributed by atoms with Crippen molar-refractivity contribution in [3.8, 4) is 0 Å². The molecule has 0 bridgehead atoms. The van der Waals surface area contributed by atoms with Crippen molar-refractivity contribution in [1.29, 1.82) is 0 Å². The van der Waals surface area contributed by atoms with Crippen molar-refractivity contribution in [2.75, 3.05) is 40.9 Å². The van der Waals surface area contributed by atoms with Gasteiger partial charge in [0.25, 0.3) is 0 Å². The van der Waals surface area contributed by atoms with E-state index in [1.807, 2.05) is 0 Å². The Morgan fingerprint density at radius 1 is 1.12 bits per heavy atom. The highest BCUT2D eigenvalue weighted by molar-refractivity contribution is 4.77. The van der Waals surface area contributed by atoms with Crippen LogP contribution in [0.1, 0.15) is 33.6 Å². The summed E-state index contributed by atoms with van der Waals surface area (Å²) in [5.41, 5.74) is 0. The molecule has 3 heteroatoms. The molecule has 0 saturated carbocycles. The van der Waals surface area contributed by atoms with E-state index in [9.17, 15) is 0 Å². The number of hydrogen-bond donors (Lipinski definition) is 1. The summed E-state index contributed by atoms with van der Waals surface area (Å²) < 4.78 is 5.15. The molecule has 0 aromatic carbocycles. The summed E-state index contributed by atoms with van der Waals surface area (Å²) >= 11 is 0. The van der Waals surface area contributed by atoms with Crippen LogP contribution in [0.25, 0.3) is 0 Å². The van der Waals surface area contributed by atoms with E-state index in [0.717, 1.165) is 25.6 Å². The van der Waals surface area contributed by atoms with Crippen molar-refractivity contribution in [2.24, 2.45) is 11.8 Å². The van der Waals surface area contributed by atoms with Gasteiger partial charge in [-0.25, -0.2) is 0 Å². The lowest BCUT2D eigenvalue weighted by molar-refractivity contribution is 0.152. The molecule has 2 atom stereocenters. The summed E-state index contributed by atoms with van der Waals surface area (Å²) in [6, 6.07) is 0.639. The van der Waals surface area contributed by atoms with E-state index in [0.29, 0.717) is 12.0 Å². The second kappa shape index (κ2) is 9.86. The molecule has 3 nitrogen and oxygen atoms in total. The third kappa shape index (κ3) is 7.02. The standard InChI is InChI=1S/C14H32N2O/c1-7-13(8-2)14(16(4)5)10-15-9-12(3)11-17-6/h12-15H,7-11H2,1-6H3. The smallest absolute Gasteiger partial charge is 0.0499 e. The van der Waals surface area contributed by atoms with Gasteiger partial charge >= 0.3 is 0 Å². The number of likely N-dealkylation sites (N-methyl/N-ethyl adjacent to an activating group) is 1. The molecule has 104 valence electrons. The van der Waals surface area contributed by atoms with Gasteiger partial charge in [0.05, 0.1) is 0 Å². The highest BCUT2D eigenvalue weighted by Crippen LogP contribution is 2.16. The zero-order chi connectivity index (χ0) is 13.3. The molecular formula is C14H32N2O. The van der Waals surface area contributed by atoms with Gasteiger partial charge in [-0.2, -0.15) is 0 Å². The summed E-state index contributed by atoms with van der Waals surface area (Å²) in [6.45, 7) is 9.76. The molecule has 0 saturated heterocycles. The second-order valence-corrected chi connectivity index (χ2v) is 5.33. The van der Waals surface area contributed by atoms with Gasteiger partial charge in [0.1, 0.15) is 0 Å². The number of nitrogens with one attached hydrogen (secondary N) is 1. The van der Waals surface area contributed by atoms with E-state index in [2.05, 4.69) is 45.1 Å². The van der Waals surface area contributed by atoms with Crippen molar-refractivity contribution in [3.63, 3.8) is 0 Å². The minimum atomic E-state index is 0.588. The van der Waals surface area contributed by atoms with Crippen molar-refractivity contribution < 1.29 is 4.74 Å². The maximum Gasteiger partial charge on any atom is 0.0499 e. The average Bonchev–Trinajstić information content (AvgIpc) is 2.28. The van der Waals surface area contributed by atoms with Crippen LogP contribution in [0, 0.1) is 11.8 Å². The molecule has 0 fully saturated rings. The lowest BCUT2D eigenvalue weighted by atomic mass is 9.93. The van der Waals surface area contributed by atoms with E-state index < -0.39 is 0 Å². The predicted octanol–water partition coefficient (Wildman–Crippen LogP) is 2.22. The highest BCUT2D eigenvalue weighted by Gasteiger charge is 2.20. The molecule has 17 heavy (non-hydrogen) atoms. The fraction of sp³-hybridized carbons (Fsp3) is 1.00. The van der Waals surface area contributed by atoms with Gasteiger partial charge in [-0.05, 0) is 32.5 Å². The van der Waals surface area contributed by atoms with Crippen LogP contribution in [0.2, 0.25) is 0 Å². The van der Waals surface area contributed by atoms with E-state index in [4.69, 9.17) is 4.74 Å². The number of hydrogen-bond acceptors (Lipinski definition) is 3. The van der Waals surface area contributed by atoms with Gasteiger partial charge in [0.15, 0.2) is 0 Å². The van der Waals surface area contributed by atoms with Crippen LogP contribution < -0.4 is 5.32 Å². The third-order valence-electron chi connectivity index (χ3n) is 3.55. The number of rotatable bonds is 10. The SMILES string of the molecule is CCC(CC)C(CNCC(C)COC)N(C)C. The topological polar surface area (TPSA) is 24.5 Å². The fourth-order valence-electron chi connectivity index (χ4n) is 2.42. The molecule has 2 unspecified atom stereocenters. The number of methoxy groups -OCH3 is 1. The van der Waals surface area contributed by atoms with Crippen molar-refractivity contribution in [2.45, 2.75) is 39.7 Å². The Labute approximate surface area is 108 Å². The molecule has 0 radical (unpaired) electrons. The maximum atomic E-state index is 5.15. The molecular weight excluding hydrogens is 212 g/mol. The van der Waals surface area contributed by atoms with Crippen LogP contribution in [0.3, 0.4) is 0 Å². The van der Waals surface area contributed by atoms with Gasteiger partial charge in [-0.15, -0.1) is 0 Å². The van der Waals surface area contributed by atoms with Crippen LogP contribution in [-0.4, -0.2) is 51.8 Å². The Bertz CT molecular complexity index is 170. The summed E-state index contributed by atoms with van der Waals surface area (Å²) in [4.78, 5) is 2.35. The molecule has 0 aliphatic heterocycles. The maximum absolute atomic E-state index is 5.15. The monoisotopic (exact) mass is 244 g/mol. The Kier molecular flexibility index (Phi) is 9.79. The molecule has 0 aromatic heterocycles. The number of nitrogens with zero attached hydrogens (tertiary/aromatic N) is 1. The Hall–Kier alpha value is -0.120. The van der Waals surface area contributed by atoms with Crippen LogP contribution in [0.5, 0.6) is 0 Å². The fourth-order valence-corrected chi connectivity index (χ4v) is 2.42. The second-order valence-electron chi connectivity index (χ2n) is 5.33. The van der Waals surface area contributed by atoms with E-state index in [1.54, 1.807) is 7.11 Å². The minimum Gasteiger partial charge on any atom is -0.384 e. The first kappa shape index (κ1) is 16.9. The third-order valence-corrected chi connectivity index (χ3v) is 3.55. The largest absolute Gasteiger partial charge is 0.384 e. The molecule has 0 aromatic rings. The lowest BCUT2D eigenvalue weighted by Gasteiger charge is -2.32. The summed E-state index contributed by atoms with van der Waals surface area (Å²) in [6.07, 6.45) is 2.52. The molecule has 1 N–H and O–H groups in total. The molecule has 0 amide bonds. The van der Waals surface area contributed by atoms with E-state index in [1.165, 1.54) is 12.8 Å². The Morgan fingerprint density at radius 3 is 2.12 bits per heavy atom. The van der Waals surface area contributed by atoms with Crippen LogP contribution in [0.15, 0.2) is 0 Å². The quantitative estimate of drug-likeness (QED) is 0.638. The molecule has 0 aliphatic rings. The summed E-state index contributed by atoms with van der Waals surface area (Å²) in [5.74, 6) is 1.37. The summed E-state index contributed by atoms with van der Waals surface area (Å²) in [7, 11) is 6.13. The van der Waals surface area contributed by atoms with Crippen LogP contribution in [-0.2, 0) is 4.74 Å². The van der Waals surface area contributed by atoms with E-state index in [-0.39, 0.29) is 0 Å². The van der Waals surface area contributed by atoms with E-state index >= 15 is 0 Å². The average molecular weight is 244 g/mol. The molecule has 0 spiro atoms. The molecule has 0 rings (SSSR count). The first-order valence-electron chi connectivity index (χ1n) is 6.92. The highest BCUT2D eigenvalue weighted by atomic mass is 16.5. The van der Waals surface area contributed by atoms with Crippen molar-refractivity contribution in [3.05, 3.63) is 0 Å². The summed E-state index contributed by atoms with van der Waals surface area (Å²) in [5, 5.41) is 3.58. The van der Waals surface area contributed by atoms with Gasteiger partial charge in [0, 0.05) is 26.3 Å². The zero-order valence-corrected chi connectivity index (χ0v) is 12.6. The number of ether oxygens (including phenoxy) is 1. The van der Waals surface area contributed by atoms with Crippen molar-refractivity contribution in [1.82, 2.24) is 10.2 Å². The van der Waals surface area contributed by atoms with Crippen molar-refractivity contribution >= 4 is 0 Å².